The van der Waals surface area contributed by atoms with Crippen LogP contribution in [0.1, 0.15) is 28.4 Å². The molecule has 1 heterocycles. The number of amides is 2. The molecule has 0 saturated heterocycles. The van der Waals surface area contributed by atoms with E-state index in [9.17, 15) is 9.59 Å². The first-order chi connectivity index (χ1) is 14.5. The number of methoxy groups -OCH3 is 1. The lowest BCUT2D eigenvalue weighted by molar-refractivity contribution is -0.126. The van der Waals surface area contributed by atoms with Crippen molar-refractivity contribution in [3.63, 3.8) is 0 Å². The maximum Gasteiger partial charge on any atom is 0.259 e. The van der Waals surface area contributed by atoms with Crippen molar-refractivity contribution in [2.24, 2.45) is 0 Å². The molecule has 1 N–H and O–H groups in total. The van der Waals surface area contributed by atoms with E-state index in [0.717, 1.165) is 16.9 Å². The van der Waals surface area contributed by atoms with E-state index in [1.54, 1.807) is 12.0 Å². The highest BCUT2D eigenvalue weighted by Crippen LogP contribution is 2.35. The van der Waals surface area contributed by atoms with Crippen LogP contribution >= 0.6 is 0 Å². The molecule has 0 aromatic heterocycles. The van der Waals surface area contributed by atoms with E-state index in [2.05, 4.69) is 5.32 Å². The van der Waals surface area contributed by atoms with Crippen LogP contribution in [0.3, 0.4) is 0 Å². The minimum atomic E-state index is -1.05. The molecule has 30 heavy (non-hydrogen) atoms. The molecule has 5 heteroatoms. The van der Waals surface area contributed by atoms with Gasteiger partial charge in [0.05, 0.1) is 7.11 Å². The largest absolute Gasteiger partial charge is 0.497 e. The normalized spacial score (nSPS) is 17.9. The zero-order valence-corrected chi connectivity index (χ0v) is 17.1. The van der Waals surface area contributed by atoms with E-state index in [-0.39, 0.29) is 11.8 Å². The summed E-state index contributed by atoms with van der Waals surface area (Å²) in [7, 11) is 1.61. The summed E-state index contributed by atoms with van der Waals surface area (Å²) in [6.45, 7) is 2.18. The van der Waals surface area contributed by atoms with Crippen LogP contribution in [-0.2, 0) is 17.8 Å². The van der Waals surface area contributed by atoms with Gasteiger partial charge in [-0.2, -0.15) is 0 Å². The molecular formula is C25H24N2O3. The van der Waals surface area contributed by atoms with Crippen LogP contribution in [0.5, 0.6) is 5.75 Å². The molecule has 0 aliphatic carbocycles. The number of carbonyl (C=O) groups is 2. The Morgan fingerprint density at radius 2 is 1.77 bits per heavy atom. The van der Waals surface area contributed by atoms with Crippen LogP contribution in [0, 0.1) is 0 Å². The van der Waals surface area contributed by atoms with Crippen molar-refractivity contribution in [1.82, 2.24) is 5.32 Å². The first-order valence-electron chi connectivity index (χ1n) is 9.92. The van der Waals surface area contributed by atoms with Gasteiger partial charge in [0.15, 0.2) is 0 Å². The second-order valence-electron chi connectivity index (χ2n) is 7.62. The van der Waals surface area contributed by atoms with Crippen LogP contribution in [-0.4, -0.2) is 24.5 Å². The summed E-state index contributed by atoms with van der Waals surface area (Å²) < 4.78 is 5.26. The lowest BCUT2D eigenvalue weighted by Gasteiger charge is -2.44. The van der Waals surface area contributed by atoms with Crippen LogP contribution < -0.4 is 15.0 Å². The molecule has 3 aromatic carbocycles. The standard InChI is InChI=1S/C25H24N2O3/c1-25(24(29)26-17-18-9-8-13-21(15-18)30-2)16-19-10-6-7-14-22(19)23(28)27(25)20-11-4-3-5-12-20/h3-15H,16-17H2,1-2H3,(H,26,29). The zero-order chi connectivity index (χ0) is 21.1. The Morgan fingerprint density at radius 3 is 2.53 bits per heavy atom. The van der Waals surface area contributed by atoms with Crippen LogP contribution in [0.15, 0.2) is 78.9 Å². The van der Waals surface area contributed by atoms with Crippen molar-refractivity contribution in [3.8, 4) is 5.75 Å². The highest BCUT2D eigenvalue weighted by atomic mass is 16.5. The van der Waals surface area contributed by atoms with Gasteiger partial charge in [0, 0.05) is 24.2 Å². The molecule has 3 aromatic rings. The lowest BCUT2D eigenvalue weighted by atomic mass is 9.82. The summed E-state index contributed by atoms with van der Waals surface area (Å²) >= 11 is 0. The van der Waals surface area contributed by atoms with Gasteiger partial charge in [0.2, 0.25) is 5.91 Å². The molecule has 1 aliphatic rings. The second-order valence-corrected chi connectivity index (χ2v) is 7.62. The highest BCUT2D eigenvalue weighted by Gasteiger charge is 2.47. The molecule has 152 valence electrons. The fraction of sp³-hybridized carbons (Fsp3) is 0.200. The molecule has 1 atom stereocenters. The molecule has 0 radical (unpaired) electrons. The first kappa shape index (κ1) is 19.7. The minimum absolute atomic E-state index is 0.165. The number of hydrogen-bond donors (Lipinski definition) is 1. The van der Waals surface area contributed by atoms with Gasteiger partial charge in [-0.15, -0.1) is 0 Å². The van der Waals surface area contributed by atoms with Crippen molar-refractivity contribution >= 4 is 17.5 Å². The van der Waals surface area contributed by atoms with Crippen molar-refractivity contribution in [3.05, 3.63) is 95.6 Å². The van der Waals surface area contributed by atoms with Crippen LogP contribution in [0.2, 0.25) is 0 Å². The monoisotopic (exact) mass is 400 g/mol. The number of nitrogens with one attached hydrogen (secondary N) is 1. The lowest BCUT2D eigenvalue weighted by Crippen LogP contribution is -2.63. The molecular weight excluding hydrogens is 376 g/mol. The summed E-state index contributed by atoms with van der Waals surface area (Å²) in [4.78, 5) is 28.5. The maximum absolute atomic E-state index is 13.5. The van der Waals surface area contributed by atoms with Crippen molar-refractivity contribution < 1.29 is 14.3 Å². The molecule has 2 amide bonds. The molecule has 0 spiro atoms. The van der Waals surface area contributed by atoms with Gasteiger partial charge < -0.3 is 10.1 Å². The number of ether oxygens (including phenoxy) is 1. The Labute approximate surface area is 176 Å². The number of carbonyl (C=O) groups excluding carboxylic acids is 2. The van der Waals surface area contributed by atoms with Crippen molar-refractivity contribution in [1.29, 1.82) is 0 Å². The predicted molar refractivity (Wildman–Crippen MR) is 117 cm³/mol. The average molecular weight is 400 g/mol. The zero-order valence-electron chi connectivity index (χ0n) is 17.1. The minimum Gasteiger partial charge on any atom is -0.497 e. The van der Waals surface area contributed by atoms with E-state index in [1.165, 1.54) is 0 Å². The summed E-state index contributed by atoms with van der Waals surface area (Å²) in [5.41, 5.74) is 2.11. The summed E-state index contributed by atoms with van der Waals surface area (Å²) in [6.07, 6.45) is 0.438. The number of benzene rings is 3. The third-order valence-corrected chi connectivity index (χ3v) is 5.57. The van der Waals surface area contributed by atoms with Crippen LogP contribution in [0.4, 0.5) is 5.69 Å². The fourth-order valence-corrected chi connectivity index (χ4v) is 3.99. The molecule has 1 aliphatic heterocycles. The van der Waals surface area contributed by atoms with E-state index in [1.807, 2.05) is 85.8 Å². The van der Waals surface area contributed by atoms with E-state index in [4.69, 9.17) is 4.74 Å². The number of rotatable bonds is 5. The molecule has 0 saturated carbocycles. The predicted octanol–water partition coefficient (Wildman–Crippen LogP) is 3.97. The smallest absolute Gasteiger partial charge is 0.259 e. The average Bonchev–Trinajstić information content (AvgIpc) is 2.78. The molecule has 0 fully saturated rings. The van der Waals surface area contributed by atoms with Crippen molar-refractivity contribution in [2.45, 2.75) is 25.4 Å². The van der Waals surface area contributed by atoms with Gasteiger partial charge in [0.1, 0.15) is 11.3 Å². The van der Waals surface area contributed by atoms with E-state index in [0.29, 0.717) is 24.2 Å². The third-order valence-electron chi connectivity index (χ3n) is 5.57. The Hall–Kier alpha value is -3.60. The first-order valence-corrected chi connectivity index (χ1v) is 9.92. The number of nitrogens with zero attached hydrogens (tertiary/aromatic N) is 1. The quantitative estimate of drug-likeness (QED) is 0.705. The number of hydrogen-bond acceptors (Lipinski definition) is 3. The van der Waals surface area contributed by atoms with Gasteiger partial charge >= 0.3 is 0 Å². The van der Waals surface area contributed by atoms with Gasteiger partial charge in [0.25, 0.3) is 5.91 Å². The van der Waals surface area contributed by atoms with Crippen LogP contribution in [0.25, 0.3) is 0 Å². The Morgan fingerprint density at radius 1 is 1.03 bits per heavy atom. The van der Waals surface area contributed by atoms with E-state index < -0.39 is 5.54 Å². The number of anilines is 1. The van der Waals surface area contributed by atoms with Gasteiger partial charge in [-0.3, -0.25) is 14.5 Å². The second kappa shape index (κ2) is 8.03. The summed E-state index contributed by atoms with van der Waals surface area (Å²) in [5.74, 6) is 0.375. The Kier molecular flexibility index (Phi) is 5.27. The topological polar surface area (TPSA) is 58.6 Å². The summed E-state index contributed by atoms with van der Waals surface area (Å²) in [6, 6.07) is 24.4. The van der Waals surface area contributed by atoms with E-state index >= 15 is 0 Å². The third kappa shape index (κ3) is 3.54. The molecule has 5 nitrogen and oxygen atoms in total. The van der Waals surface area contributed by atoms with Gasteiger partial charge in [-0.1, -0.05) is 48.5 Å². The molecule has 1 unspecified atom stereocenters. The van der Waals surface area contributed by atoms with Gasteiger partial charge in [-0.05, 0) is 48.4 Å². The molecule has 4 rings (SSSR count). The Bertz CT molecular complexity index is 1080. The molecule has 0 bridgehead atoms. The summed E-state index contributed by atoms with van der Waals surface area (Å²) in [5, 5.41) is 3.02. The maximum atomic E-state index is 13.5. The number of para-hydroxylation sites is 1. The van der Waals surface area contributed by atoms with Crippen molar-refractivity contribution in [2.75, 3.05) is 12.0 Å². The fourth-order valence-electron chi connectivity index (χ4n) is 3.99. The van der Waals surface area contributed by atoms with Gasteiger partial charge in [-0.25, -0.2) is 0 Å². The number of fused-ring (bicyclic) bond motifs is 1. The Balaban J connectivity index is 1.67. The highest BCUT2D eigenvalue weighted by molar-refractivity contribution is 6.14. The SMILES string of the molecule is COc1cccc(CNC(=O)C2(C)Cc3ccccc3C(=O)N2c2ccccc2)c1.